The summed E-state index contributed by atoms with van der Waals surface area (Å²) in [5.74, 6) is -1.45. The molecule has 0 atom stereocenters. The Morgan fingerprint density at radius 2 is 1.86 bits per heavy atom. The minimum atomic E-state index is -0.777. The number of carbonyl (C=O) groups excluding carboxylic acids is 1. The van der Waals surface area contributed by atoms with Gasteiger partial charge in [-0.25, -0.2) is 13.6 Å². The number of amides is 2. The highest BCUT2D eigenvalue weighted by molar-refractivity contribution is 5.89. The number of carbonyl (C=O) groups is 1. The molecule has 21 heavy (non-hydrogen) atoms. The summed E-state index contributed by atoms with van der Waals surface area (Å²) in [5.41, 5.74) is 2.31. The Morgan fingerprint density at radius 1 is 1.10 bits per heavy atom. The van der Waals surface area contributed by atoms with Crippen molar-refractivity contribution in [2.24, 2.45) is 0 Å². The molecule has 0 aromatic heterocycles. The lowest BCUT2D eigenvalue weighted by Gasteiger charge is -2.29. The standard InChI is InChI=1S/C16H14F2N2O/c17-13-5-6-15(14(18)9-13)19-16(21)20-8-7-11-3-1-2-4-12(11)10-20/h1-6,9H,7-8,10H2,(H,19,21). The normalized spacial score (nSPS) is 13.7. The minimum absolute atomic E-state index is 0.0136. The van der Waals surface area contributed by atoms with Gasteiger partial charge in [0, 0.05) is 19.2 Å². The molecule has 108 valence electrons. The lowest BCUT2D eigenvalue weighted by atomic mass is 10.0. The third kappa shape index (κ3) is 2.86. The summed E-state index contributed by atoms with van der Waals surface area (Å²) in [6.45, 7) is 1.07. The van der Waals surface area contributed by atoms with Crippen LogP contribution >= 0.6 is 0 Å². The molecule has 1 N–H and O–H groups in total. The fraction of sp³-hybridized carbons (Fsp3) is 0.188. The molecule has 5 heteroatoms. The van der Waals surface area contributed by atoms with E-state index in [1.165, 1.54) is 11.6 Å². The second-order valence-electron chi connectivity index (χ2n) is 4.99. The van der Waals surface area contributed by atoms with Crippen LogP contribution in [0, 0.1) is 11.6 Å². The smallest absolute Gasteiger partial charge is 0.320 e. The van der Waals surface area contributed by atoms with Gasteiger partial charge in [0.05, 0.1) is 5.69 Å². The van der Waals surface area contributed by atoms with Crippen LogP contribution in [0.2, 0.25) is 0 Å². The van der Waals surface area contributed by atoms with E-state index in [4.69, 9.17) is 0 Å². The molecule has 0 spiro atoms. The Morgan fingerprint density at radius 3 is 2.62 bits per heavy atom. The average molecular weight is 288 g/mol. The highest BCUT2D eigenvalue weighted by Crippen LogP contribution is 2.20. The maximum atomic E-state index is 13.5. The number of fused-ring (bicyclic) bond motifs is 1. The topological polar surface area (TPSA) is 32.3 Å². The van der Waals surface area contributed by atoms with E-state index in [0.717, 1.165) is 24.1 Å². The molecule has 0 bridgehead atoms. The van der Waals surface area contributed by atoms with Gasteiger partial charge in [0.15, 0.2) is 0 Å². The highest BCUT2D eigenvalue weighted by Gasteiger charge is 2.21. The zero-order valence-corrected chi connectivity index (χ0v) is 11.3. The van der Waals surface area contributed by atoms with E-state index >= 15 is 0 Å². The van der Waals surface area contributed by atoms with Crippen molar-refractivity contribution in [1.82, 2.24) is 4.90 Å². The fourth-order valence-corrected chi connectivity index (χ4v) is 2.45. The predicted molar refractivity (Wildman–Crippen MR) is 75.9 cm³/mol. The van der Waals surface area contributed by atoms with Gasteiger partial charge in [0.1, 0.15) is 11.6 Å². The summed E-state index contributed by atoms with van der Waals surface area (Å²) < 4.78 is 26.4. The molecule has 0 radical (unpaired) electrons. The van der Waals surface area contributed by atoms with Crippen LogP contribution in [-0.4, -0.2) is 17.5 Å². The second-order valence-corrected chi connectivity index (χ2v) is 4.99. The van der Waals surface area contributed by atoms with Crippen molar-refractivity contribution in [3.05, 3.63) is 65.2 Å². The summed E-state index contributed by atoms with van der Waals surface area (Å²) in [7, 11) is 0. The SMILES string of the molecule is O=C(Nc1ccc(F)cc1F)N1CCc2ccccc2C1. The average Bonchev–Trinajstić information content (AvgIpc) is 2.49. The van der Waals surface area contributed by atoms with Gasteiger partial charge < -0.3 is 10.2 Å². The van der Waals surface area contributed by atoms with Crippen molar-refractivity contribution in [2.45, 2.75) is 13.0 Å². The van der Waals surface area contributed by atoms with E-state index in [0.29, 0.717) is 13.1 Å². The van der Waals surface area contributed by atoms with E-state index in [-0.39, 0.29) is 11.7 Å². The Kier molecular flexibility index (Phi) is 3.56. The van der Waals surface area contributed by atoms with Crippen molar-refractivity contribution in [2.75, 3.05) is 11.9 Å². The number of hydrogen-bond donors (Lipinski definition) is 1. The van der Waals surface area contributed by atoms with Crippen molar-refractivity contribution >= 4 is 11.7 Å². The molecule has 0 aliphatic carbocycles. The molecule has 1 aliphatic heterocycles. The Hall–Kier alpha value is -2.43. The van der Waals surface area contributed by atoms with Crippen molar-refractivity contribution < 1.29 is 13.6 Å². The van der Waals surface area contributed by atoms with E-state index in [1.807, 2.05) is 24.3 Å². The number of halogens is 2. The van der Waals surface area contributed by atoms with Gasteiger partial charge in [-0.2, -0.15) is 0 Å². The molecule has 3 rings (SSSR count). The summed E-state index contributed by atoms with van der Waals surface area (Å²) >= 11 is 0. The van der Waals surface area contributed by atoms with E-state index in [2.05, 4.69) is 5.32 Å². The summed E-state index contributed by atoms with van der Waals surface area (Å²) in [5, 5.41) is 2.48. The van der Waals surface area contributed by atoms with E-state index in [1.54, 1.807) is 4.90 Å². The number of nitrogens with zero attached hydrogens (tertiary/aromatic N) is 1. The highest BCUT2D eigenvalue weighted by atomic mass is 19.1. The Bertz CT molecular complexity index is 688. The number of urea groups is 1. The first-order chi connectivity index (χ1) is 10.1. The van der Waals surface area contributed by atoms with E-state index in [9.17, 15) is 13.6 Å². The second kappa shape index (κ2) is 5.52. The number of nitrogens with one attached hydrogen (secondary N) is 1. The molecule has 0 saturated carbocycles. The van der Waals surface area contributed by atoms with Gasteiger partial charge in [-0.05, 0) is 29.7 Å². The predicted octanol–water partition coefficient (Wildman–Crippen LogP) is 3.56. The zero-order valence-electron chi connectivity index (χ0n) is 11.3. The quantitative estimate of drug-likeness (QED) is 0.855. The Labute approximate surface area is 121 Å². The van der Waals surface area contributed by atoms with Crippen molar-refractivity contribution in [1.29, 1.82) is 0 Å². The van der Waals surface area contributed by atoms with Crippen LogP contribution in [-0.2, 0) is 13.0 Å². The lowest BCUT2D eigenvalue weighted by Crippen LogP contribution is -2.39. The van der Waals surface area contributed by atoms with Gasteiger partial charge in [-0.15, -0.1) is 0 Å². The Balaban J connectivity index is 1.72. The largest absolute Gasteiger partial charge is 0.322 e. The monoisotopic (exact) mass is 288 g/mol. The molecule has 0 unspecified atom stereocenters. The van der Waals surface area contributed by atoms with Crippen LogP contribution in [0.15, 0.2) is 42.5 Å². The van der Waals surface area contributed by atoms with Crippen LogP contribution in [0.3, 0.4) is 0 Å². The maximum Gasteiger partial charge on any atom is 0.322 e. The van der Waals surface area contributed by atoms with Crippen LogP contribution in [0.25, 0.3) is 0 Å². The van der Waals surface area contributed by atoms with Gasteiger partial charge in [-0.1, -0.05) is 24.3 Å². The number of anilines is 1. The van der Waals surface area contributed by atoms with Crippen LogP contribution in [0.1, 0.15) is 11.1 Å². The van der Waals surface area contributed by atoms with Gasteiger partial charge in [0.2, 0.25) is 0 Å². The molecule has 0 fully saturated rings. The van der Waals surface area contributed by atoms with Crippen LogP contribution in [0.5, 0.6) is 0 Å². The molecule has 2 amide bonds. The summed E-state index contributed by atoms with van der Waals surface area (Å²) in [6.07, 6.45) is 0.773. The first-order valence-corrected chi connectivity index (χ1v) is 6.71. The summed E-state index contributed by atoms with van der Waals surface area (Å²) in [4.78, 5) is 13.8. The molecule has 1 heterocycles. The first-order valence-electron chi connectivity index (χ1n) is 6.71. The maximum absolute atomic E-state index is 13.5. The number of rotatable bonds is 1. The van der Waals surface area contributed by atoms with Gasteiger partial charge in [0.25, 0.3) is 0 Å². The fourth-order valence-electron chi connectivity index (χ4n) is 2.45. The molecular formula is C16H14F2N2O. The van der Waals surface area contributed by atoms with Gasteiger partial charge in [-0.3, -0.25) is 0 Å². The van der Waals surface area contributed by atoms with Crippen molar-refractivity contribution in [3.63, 3.8) is 0 Å². The summed E-state index contributed by atoms with van der Waals surface area (Å²) in [6, 6.07) is 10.6. The zero-order chi connectivity index (χ0) is 14.8. The lowest BCUT2D eigenvalue weighted by molar-refractivity contribution is 0.206. The molecule has 2 aromatic rings. The van der Waals surface area contributed by atoms with Crippen molar-refractivity contribution in [3.8, 4) is 0 Å². The van der Waals surface area contributed by atoms with Gasteiger partial charge >= 0.3 is 6.03 Å². The third-order valence-electron chi connectivity index (χ3n) is 3.59. The molecule has 0 saturated heterocycles. The molecular weight excluding hydrogens is 274 g/mol. The van der Waals surface area contributed by atoms with E-state index < -0.39 is 11.6 Å². The molecule has 3 nitrogen and oxygen atoms in total. The number of hydrogen-bond acceptors (Lipinski definition) is 1. The number of benzene rings is 2. The molecule has 2 aromatic carbocycles. The third-order valence-corrected chi connectivity index (χ3v) is 3.59. The van der Waals surface area contributed by atoms with Crippen LogP contribution in [0.4, 0.5) is 19.3 Å². The molecule has 1 aliphatic rings. The first kappa shape index (κ1) is 13.5. The van der Waals surface area contributed by atoms with Crippen LogP contribution < -0.4 is 5.32 Å². The minimum Gasteiger partial charge on any atom is -0.320 e.